The fourth-order valence-corrected chi connectivity index (χ4v) is 4.22. The van der Waals surface area contributed by atoms with Crippen molar-refractivity contribution in [2.75, 3.05) is 0 Å². The number of aromatic nitrogens is 2. The quantitative estimate of drug-likeness (QED) is 0.470. The Morgan fingerprint density at radius 3 is 1.67 bits per heavy atom. The van der Waals surface area contributed by atoms with E-state index in [9.17, 15) is 0 Å². The molecule has 4 aromatic rings. The number of pyridine rings is 2. The number of hydrogen-bond donors (Lipinski definition) is 0. The van der Waals surface area contributed by atoms with Gasteiger partial charge in [0.15, 0.2) is 12.4 Å². The predicted molar refractivity (Wildman–Crippen MR) is 74.0 cm³/mol. The Morgan fingerprint density at radius 2 is 1.17 bits per heavy atom. The van der Waals surface area contributed by atoms with Crippen LogP contribution in [-0.4, -0.2) is 0 Å². The minimum absolute atomic E-state index is 1.25. The third-order valence-corrected chi connectivity index (χ3v) is 5.06. The molecule has 0 aromatic carbocycles. The summed E-state index contributed by atoms with van der Waals surface area (Å²) >= 11 is 3.58. The maximum atomic E-state index is 2.25. The molecule has 18 heavy (non-hydrogen) atoms. The molecule has 2 nitrogen and oxygen atoms in total. The number of hydrogen-bond acceptors (Lipinski definition) is 2. The zero-order valence-electron chi connectivity index (χ0n) is 9.48. The second-order valence-corrected chi connectivity index (χ2v) is 5.79. The molecule has 0 unspecified atom stereocenters. The van der Waals surface area contributed by atoms with Gasteiger partial charge in [0, 0.05) is 24.3 Å². The van der Waals surface area contributed by atoms with E-state index in [4.69, 9.17) is 0 Å². The van der Waals surface area contributed by atoms with Crippen molar-refractivity contribution in [3.8, 4) is 10.0 Å². The summed E-state index contributed by atoms with van der Waals surface area (Å²) in [5, 5.41) is 6.96. The molecule has 4 heterocycles. The molecule has 0 aliphatic heterocycles. The first-order valence-corrected chi connectivity index (χ1v) is 7.45. The van der Waals surface area contributed by atoms with Crippen LogP contribution in [0.1, 0.15) is 0 Å². The van der Waals surface area contributed by atoms with Gasteiger partial charge in [-0.25, -0.2) is 0 Å². The number of thiazole rings is 2. The minimum atomic E-state index is 1.25. The van der Waals surface area contributed by atoms with Crippen LogP contribution in [0.2, 0.25) is 0 Å². The van der Waals surface area contributed by atoms with Crippen LogP contribution in [0, 0.1) is 0 Å². The van der Waals surface area contributed by atoms with Gasteiger partial charge in [0.25, 0.3) is 0 Å². The van der Waals surface area contributed by atoms with Crippen LogP contribution < -0.4 is 8.80 Å². The molecule has 0 saturated heterocycles. The van der Waals surface area contributed by atoms with Crippen LogP contribution in [0.4, 0.5) is 0 Å². The third kappa shape index (κ3) is 1.39. The molecule has 0 N–H and O–H groups in total. The lowest BCUT2D eigenvalue weighted by molar-refractivity contribution is -0.526. The van der Waals surface area contributed by atoms with Crippen molar-refractivity contribution >= 4 is 33.7 Å². The Balaban J connectivity index is 2.08. The molecule has 4 aromatic heterocycles. The van der Waals surface area contributed by atoms with E-state index < -0.39 is 0 Å². The van der Waals surface area contributed by atoms with E-state index in [0.29, 0.717) is 0 Å². The Kier molecular flexibility index (Phi) is 2.18. The molecule has 4 rings (SSSR count). The summed E-state index contributed by atoms with van der Waals surface area (Å²) in [5.41, 5.74) is 2.49. The number of fused-ring (bicyclic) bond motifs is 2. The highest BCUT2D eigenvalue weighted by atomic mass is 32.1. The third-order valence-electron chi connectivity index (χ3n) is 2.99. The highest BCUT2D eigenvalue weighted by molar-refractivity contribution is 7.19. The summed E-state index contributed by atoms with van der Waals surface area (Å²) in [4.78, 5) is 0. The molecule has 4 heteroatoms. The van der Waals surface area contributed by atoms with Gasteiger partial charge in [-0.05, 0) is 12.1 Å². The number of rotatable bonds is 1. The van der Waals surface area contributed by atoms with Crippen molar-refractivity contribution in [3.63, 3.8) is 0 Å². The first-order chi connectivity index (χ1) is 8.93. The van der Waals surface area contributed by atoms with Gasteiger partial charge in [-0.3, -0.25) is 0 Å². The van der Waals surface area contributed by atoms with E-state index in [1.165, 1.54) is 21.0 Å². The van der Waals surface area contributed by atoms with E-state index in [1.54, 1.807) is 22.7 Å². The molecular formula is C14H10N2S2+2. The summed E-state index contributed by atoms with van der Waals surface area (Å²) in [6, 6.07) is 12.6. The van der Waals surface area contributed by atoms with Gasteiger partial charge in [0.2, 0.25) is 11.0 Å². The van der Waals surface area contributed by atoms with Gasteiger partial charge in [-0.2, -0.15) is 0 Å². The van der Waals surface area contributed by atoms with E-state index >= 15 is 0 Å². The molecule has 0 spiro atoms. The van der Waals surface area contributed by atoms with E-state index in [1.807, 2.05) is 0 Å². The van der Waals surface area contributed by atoms with Gasteiger partial charge >= 0.3 is 10.0 Å². The van der Waals surface area contributed by atoms with Crippen molar-refractivity contribution < 1.29 is 8.80 Å². The van der Waals surface area contributed by atoms with Crippen LogP contribution in [-0.2, 0) is 0 Å². The van der Waals surface area contributed by atoms with Crippen molar-refractivity contribution in [1.29, 1.82) is 0 Å². The number of nitrogens with zero attached hydrogens (tertiary/aromatic N) is 2. The SMILES string of the molecule is c1cc[n+]2c(-c3scc4cccc[n+]34)scc2c1. The van der Waals surface area contributed by atoms with Crippen LogP contribution in [0.25, 0.3) is 21.0 Å². The van der Waals surface area contributed by atoms with Gasteiger partial charge < -0.3 is 0 Å². The summed E-state index contributed by atoms with van der Waals surface area (Å²) in [6.45, 7) is 0. The standard InChI is InChI=1S/C14H10N2S2/c1-3-7-15-11(5-1)9-17-13(15)14-16-8-4-2-6-12(16)10-18-14/h1-10H/q+2. The molecular weight excluding hydrogens is 260 g/mol. The Morgan fingerprint density at radius 1 is 0.667 bits per heavy atom. The Labute approximate surface area is 112 Å². The lowest BCUT2D eigenvalue weighted by atomic mass is 10.4. The summed E-state index contributed by atoms with van der Waals surface area (Å²) in [5.74, 6) is 0. The molecule has 0 bridgehead atoms. The molecule has 0 aliphatic rings. The topological polar surface area (TPSA) is 8.20 Å². The molecule has 0 aliphatic carbocycles. The fraction of sp³-hybridized carbons (Fsp3) is 0. The van der Waals surface area contributed by atoms with Gasteiger partial charge in [-0.15, -0.1) is 8.80 Å². The van der Waals surface area contributed by atoms with E-state index in [-0.39, 0.29) is 0 Å². The van der Waals surface area contributed by atoms with Crippen LogP contribution >= 0.6 is 22.7 Å². The second-order valence-electron chi connectivity index (χ2n) is 4.07. The highest BCUT2D eigenvalue weighted by Crippen LogP contribution is 2.24. The zero-order chi connectivity index (χ0) is 11.9. The average Bonchev–Trinajstić information content (AvgIpc) is 3.01. The van der Waals surface area contributed by atoms with Crippen LogP contribution in [0.15, 0.2) is 59.6 Å². The summed E-state index contributed by atoms with van der Waals surface area (Å²) < 4.78 is 4.49. The molecule has 0 saturated carbocycles. The summed E-state index contributed by atoms with van der Waals surface area (Å²) in [7, 11) is 0. The maximum absolute atomic E-state index is 2.25. The van der Waals surface area contributed by atoms with Crippen molar-refractivity contribution in [1.82, 2.24) is 0 Å². The lowest BCUT2D eigenvalue weighted by Gasteiger charge is -1.86. The molecule has 0 atom stereocenters. The molecule has 0 fully saturated rings. The van der Waals surface area contributed by atoms with E-state index in [0.717, 1.165) is 0 Å². The Bertz CT molecular complexity index is 773. The smallest absolute Gasteiger partial charge is 0.144 e. The summed E-state index contributed by atoms with van der Waals surface area (Å²) in [6.07, 6.45) is 4.24. The van der Waals surface area contributed by atoms with Gasteiger partial charge in [0.05, 0.1) is 10.8 Å². The van der Waals surface area contributed by atoms with E-state index in [2.05, 4.69) is 68.4 Å². The normalized spacial score (nSPS) is 11.3. The molecule has 0 radical (unpaired) electrons. The zero-order valence-corrected chi connectivity index (χ0v) is 11.1. The van der Waals surface area contributed by atoms with Gasteiger partial charge in [-0.1, -0.05) is 22.7 Å². The monoisotopic (exact) mass is 270 g/mol. The first-order valence-electron chi connectivity index (χ1n) is 5.70. The van der Waals surface area contributed by atoms with Gasteiger partial charge in [0.1, 0.15) is 0 Å². The predicted octanol–water partition coefficient (Wildman–Crippen LogP) is 2.95. The van der Waals surface area contributed by atoms with Crippen molar-refractivity contribution in [2.45, 2.75) is 0 Å². The Hall–Kier alpha value is -1.78. The second kappa shape index (κ2) is 3.86. The average molecular weight is 270 g/mol. The minimum Gasteiger partial charge on any atom is -0.144 e. The highest BCUT2D eigenvalue weighted by Gasteiger charge is 2.26. The first kappa shape index (κ1) is 10.2. The van der Waals surface area contributed by atoms with Crippen LogP contribution in [0.5, 0.6) is 0 Å². The fourth-order valence-electron chi connectivity index (χ4n) is 2.13. The van der Waals surface area contributed by atoms with Crippen LogP contribution in [0.3, 0.4) is 0 Å². The molecule has 86 valence electrons. The lowest BCUT2D eigenvalue weighted by Crippen LogP contribution is -2.27. The van der Waals surface area contributed by atoms with Crippen molar-refractivity contribution in [3.05, 3.63) is 59.6 Å². The molecule has 0 amide bonds. The largest absolute Gasteiger partial charge is 0.352 e. The van der Waals surface area contributed by atoms with Crippen molar-refractivity contribution in [2.24, 2.45) is 0 Å². The maximum Gasteiger partial charge on any atom is 0.352 e.